The molecule has 1 aromatic carbocycles. The molecule has 0 amide bonds. The zero-order chi connectivity index (χ0) is 19.8. The Kier molecular flexibility index (Phi) is 4.24. The lowest BCUT2D eigenvalue weighted by Crippen LogP contribution is -2.03. The van der Waals surface area contributed by atoms with Gasteiger partial charge in [-0.1, -0.05) is 6.07 Å². The molecule has 0 bridgehead atoms. The lowest BCUT2D eigenvalue weighted by atomic mass is 9.99. The molecule has 1 aliphatic carbocycles. The van der Waals surface area contributed by atoms with Crippen molar-refractivity contribution in [2.45, 2.75) is 19.3 Å². The van der Waals surface area contributed by atoms with Crippen LogP contribution in [0.3, 0.4) is 0 Å². The number of ketones is 1. The minimum absolute atomic E-state index is 0.0986. The fraction of sp³-hybridized carbons (Fsp3) is 0.130. The first-order valence-electron chi connectivity index (χ1n) is 9.49. The van der Waals surface area contributed by atoms with E-state index in [0.29, 0.717) is 24.1 Å². The van der Waals surface area contributed by atoms with E-state index in [1.165, 1.54) is 12.1 Å². The van der Waals surface area contributed by atoms with Crippen molar-refractivity contribution in [1.29, 1.82) is 0 Å². The minimum Gasteiger partial charge on any atom is -0.294 e. The molecule has 6 heteroatoms. The number of fused-ring (bicyclic) bond motifs is 2. The van der Waals surface area contributed by atoms with Gasteiger partial charge >= 0.3 is 0 Å². The molecule has 3 aromatic heterocycles. The maximum Gasteiger partial charge on any atom is 0.163 e. The molecule has 0 unspecified atom stereocenters. The van der Waals surface area contributed by atoms with Gasteiger partial charge in [-0.25, -0.2) is 14.1 Å². The Labute approximate surface area is 166 Å². The molecule has 0 fully saturated rings. The van der Waals surface area contributed by atoms with Crippen LogP contribution < -0.4 is 0 Å². The van der Waals surface area contributed by atoms with Gasteiger partial charge in [-0.05, 0) is 61.4 Å². The Morgan fingerprint density at radius 3 is 2.72 bits per heavy atom. The zero-order valence-corrected chi connectivity index (χ0v) is 15.5. The summed E-state index contributed by atoms with van der Waals surface area (Å²) >= 11 is 0. The van der Waals surface area contributed by atoms with E-state index in [9.17, 15) is 9.18 Å². The number of aromatic nitrogens is 4. The third kappa shape index (κ3) is 3.23. The number of Topliss-reactive ketones (excluding diaryl/α,β-unsaturated/α-hetero) is 1. The summed E-state index contributed by atoms with van der Waals surface area (Å²) < 4.78 is 15.0. The first-order valence-corrected chi connectivity index (χ1v) is 9.49. The first kappa shape index (κ1) is 17.4. The molecule has 0 atom stereocenters. The van der Waals surface area contributed by atoms with Gasteiger partial charge < -0.3 is 0 Å². The van der Waals surface area contributed by atoms with Gasteiger partial charge in [-0.2, -0.15) is 5.10 Å². The fourth-order valence-electron chi connectivity index (χ4n) is 3.66. The number of aryl methyl sites for hydroxylation is 1. The van der Waals surface area contributed by atoms with E-state index in [1.54, 1.807) is 29.2 Å². The predicted octanol–water partition coefficient (Wildman–Crippen LogP) is 4.40. The number of carbonyl (C=O) groups is 1. The number of pyridine rings is 2. The van der Waals surface area contributed by atoms with Crippen molar-refractivity contribution in [2.75, 3.05) is 0 Å². The highest BCUT2D eigenvalue weighted by atomic mass is 19.1. The van der Waals surface area contributed by atoms with E-state index < -0.39 is 0 Å². The summed E-state index contributed by atoms with van der Waals surface area (Å²) in [6.07, 6.45) is 7.21. The summed E-state index contributed by atoms with van der Waals surface area (Å²) in [5, 5.41) is 5.26. The van der Waals surface area contributed by atoms with Crippen molar-refractivity contribution in [3.05, 3.63) is 83.7 Å². The number of rotatable bonds is 2. The molecule has 0 aliphatic heterocycles. The Morgan fingerprint density at radius 2 is 1.93 bits per heavy atom. The van der Waals surface area contributed by atoms with E-state index in [4.69, 9.17) is 4.98 Å². The van der Waals surface area contributed by atoms with Crippen LogP contribution in [0.1, 0.15) is 29.8 Å². The molecule has 0 N–H and O–H groups in total. The summed E-state index contributed by atoms with van der Waals surface area (Å²) in [7, 11) is 0. The van der Waals surface area contributed by atoms with Crippen molar-refractivity contribution in [2.24, 2.45) is 0 Å². The van der Waals surface area contributed by atoms with Crippen molar-refractivity contribution in [3.63, 3.8) is 0 Å². The SMILES string of the molecule is O=C1CCCc2nc3c(cnn3-c3ccc(F)cc3)cc2/C1=C\c1ccccn1. The normalized spacial score (nSPS) is 15.5. The number of nitrogens with zero attached hydrogens (tertiary/aromatic N) is 4. The van der Waals surface area contributed by atoms with Crippen LogP contribution in [-0.2, 0) is 11.2 Å². The van der Waals surface area contributed by atoms with Gasteiger partial charge in [0.05, 0.1) is 23.3 Å². The summed E-state index contributed by atoms with van der Waals surface area (Å²) in [5.74, 6) is -0.198. The third-order valence-electron chi connectivity index (χ3n) is 5.08. The van der Waals surface area contributed by atoms with Crippen molar-refractivity contribution >= 4 is 28.5 Å². The minimum atomic E-state index is -0.296. The second-order valence-corrected chi connectivity index (χ2v) is 7.02. The molecule has 5 rings (SSSR count). The van der Waals surface area contributed by atoms with Gasteiger partial charge in [0.2, 0.25) is 0 Å². The van der Waals surface area contributed by atoms with Crippen molar-refractivity contribution in [3.8, 4) is 5.69 Å². The molecule has 4 aromatic rings. The van der Waals surface area contributed by atoms with Crippen LogP contribution in [0, 0.1) is 5.82 Å². The quantitative estimate of drug-likeness (QED) is 0.380. The van der Waals surface area contributed by atoms with Crippen LogP contribution in [0.25, 0.3) is 28.4 Å². The molecule has 0 spiro atoms. The van der Waals surface area contributed by atoms with Gasteiger partial charge in [0.1, 0.15) is 5.82 Å². The first-order chi connectivity index (χ1) is 14.2. The number of halogens is 1. The molecule has 29 heavy (non-hydrogen) atoms. The summed E-state index contributed by atoms with van der Waals surface area (Å²) in [5.41, 5.74) is 4.52. The fourth-order valence-corrected chi connectivity index (χ4v) is 3.66. The van der Waals surface area contributed by atoms with Gasteiger partial charge in [-0.15, -0.1) is 0 Å². The standard InChI is InChI=1S/C23H17FN4O/c24-16-7-9-18(10-8-16)28-23-15(14-26-28)12-19-20(13-17-4-1-2-11-25-17)22(29)6-3-5-21(19)27-23/h1-2,4,7-14H,3,5-6H2/b20-13+. The van der Waals surface area contributed by atoms with E-state index in [2.05, 4.69) is 10.1 Å². The van der Waals surface area contributed by atoms with E-state index in [-0.39, 0.29) is 11.6 Å². The molecule has 1 aliphatic rings. The topological polar surface area (TPSA) is 60.7 Å². The van der Waals surface area contributed by atoms with Crippen LogP contribution in [-0.4, -0.2) is 25.5 Å². The second-order valence-electron chi connectivity index (χ2n) is 7.02. The average Bonchev–Trinajstić information content (AvgIpc) is 3.09. The summed E-state index contributed by atoms with van der Waals surface area (Å²) in [6.45, 7) is 0. The third-order valence-corrected chi connectivity index (χ3v) is 5.08. The number of hydrogen-bond donors (Lipinski definition) is 0. The molecule has 0 radical (unpaired) electrons. The molecule has 5 nitrogen and oxygen atoms in total. The highest BCUT2D eigenvalue weighted by Gasteiger charge is 2.22. The highest BCUT2D eigenvalue weighted by Crippen LogP contribution is 2.31. The second kappa shape index (κ2) is 7.05. The lowest BCUT2D eigenvalue weighted by molar-refractivity contribution is -0.113. The molecule has 3 heterocycles. The molecule has 142 valence electrons. The molecule has 0 saturated carbocycles. The zero-order valence-electron chi connectivity index (χ0n) is 15.5. The molecular formula is C23H17FN4O. The Balaban J connectivity index is 1.68. The monoisotopic (exact) mass is 384 g/mol. The van der Waals surface area contributed by atoms with Crippen LogP contribution in [0.4, 0.5) is 4.39 Å². The Hall–Kier alpha value is -3.67. The van der Waals surface area contributed by atoms with Crippen LogP contribution in [0.5, 0.6) is 0 Å². The van der Waals surface area contributed by atoms with Gasteiger partial charge in [0.15, 0.2) is 11.4 Å². The van der Waals surface area contributed by atoms with Gasteiger partial charge in [-0.3, -0.25) is 9.78 Å². The lowest BCUT2D eigenvalue weighted by Gasteiger charge is -2.09. The average molecular weight is 384 g/mol. The summed E-state index contributed by atoms with van der Waals surface area (Å²) in [4.78, 5) is 22.0. The molecular weight excluding hydrogens is 367 g/mol. The van der Waals surface area contributed by atoms with Gasteiger partial charge in [0.25, 0.3) is 0 Å². The molecule has 0 saturated heterocycles. The van der Waals surface area contributed by atoms with E-state index in [0.717, 1.165) is 34.4 Å². The van der Waals surface area contributed by atoms with Gasteiger partial charge in [0, 0.05) is 29.1 Å². The Morgan fingerprint density at radius 1 is 1.07 bits per heavy atom. The largest absolute Gasteiger partial charge is 0.294 e. The van der Waals surface area contributed by atoms with Crippen LogP contribution >= 0.6 is 0 Å². The number of allylic oxidation sites excluding steroid dienone is 1. The van der Waals surface area contributed by atoms with Crippen LogP contribution in [0.15, 0.2) is 60.9 Å². The Bertz CT molecular complexity index is 1240. The highest BCUT2D eigenvalue weighted by molar-refractivity contribution is 6.26. The van der Waals surface area contributed by atoms with Crippen LogP contribution in [0.2, 0.25) is 0 Å². The van der Waals surface area contributed by atoms with Crippen molar-refractivity contribution in [1.82, 2.24) is 19.7 Å². The maximum absolute atomic E-state index is 13.3. The van der Waals surface area contributed by atoms with E-state index in [1.807, 2.05) is 30.3 Å². The number of carbonyl (C=O) groups excluding carboxylic acids is 1. The predicted molar refractivity (Wildman–Crippen MR) is 109 cm³/mol. The summed E-state index contributed by atoms with van der Waals surface area (Å²) in [6, 6.07) is 13.7. The number of benzene rings is 1. The van der Waals surface area contributed by atoms with Crippen molar-refractivity contribution < 1.29 is 9.18 Å². The van der Waals surface area contributed by atoms with E-state index >= 15 is 0 Å². The number of hydrogen-bond acceptors (Lipinski definition) is 4. The maximum atomic E-state index is 13.3. The smallest absolute Gasteiger partial charge is 0.163 e.